The van der Waals surface area contributed by atoms with E-state index in [-0.39, 0.29) is 18.3 Å². The van der Waals surface area contributed by atoms with Gasteiger partial charge in [0.15, 0.2) is 0 Å². The van der Waals surface area contributed by atoms with Gasteiger partial charge < -0.3 is 10.1 Å². The van der Waals surface area contributed by atoms with Gasteiger partial charge in [0.2, 0.25) is 0 Å². The summed E-state index contributed by atoms with van der Waals surface area (Å²) in [6.45, 7) is 2.10. The highest BCUT2D eigenvalue weighted by molar-refractivity contribution is 9.10. The van der Waals surface area contributed by atoms with Gasteiger partial charge in [-0.25, -0.2) is 0 Å². The minimum Gasteiger partial charge on any atom is -0.466 e. The van der Waals surface area contributed by atoms with Crippen molar-refractivity contribution < 1.29 is 14.3 Å². The van der Waals surface area contributed by atoms with Crippen LogP contribution in [0.3, 0.4) is 0 Å². The molecular formula is C17H15BrClNO3. The Kier molecular flexibility index (Phi) is 6.19. The van der Waals surface area contributed by atoms with Crippen molar-refractivity contribution in [2.75, 3.05) is 11.9 Å². The highest BCUT2D eigenvalue weighted by Gasteiger charge is 2.12. The molecule has 2 aromatic carbocycles. The third kappa shape index (κ3) is 5.08. The second-order valence-electron chi connectivity index (χ2n) is 4.76. The number of esters is 1. The number of ether oxygens (including phenoxy) is 1. The Morgan fingerprint density at radius 3 is 2.74 bits per heavy atom. The Balaban J connectivity index is 2.12. The van der Waals surface area contributed by atoms with Crippen LogP contribution in [0.15, 0.2) is 46.9 Å². The minimum absolute atomic E-state index is 0.162. The standard InChI is InChI=1S/C17H15BrClNO3/c1-2-23-16(21)9-11-4-3-5-13(8-11)20-17(22)14-10-12(18)6-7-15(14)19/h3-8,10H,2,9H2,1H3,(H,20,22). The van der Waals surface area contributed by atoms with Gasteiger partial charge in [0.1, 0.15) is 0 Å². The van der Waals surface area contributed by atoms with Gasteiger partial charge in [-0.3, -0.25) is 9.59 Å². The van der Waals surface area contributed by atoms with E-state index < -0.39 is 0 Å². The molecular weight excluding hydrogens is 382 g/mol. The van der Waals surface area contributed by atoms with Crippen LogP contribution in [0.4, 0.5) is 5.69 Å². The molecule has 0 radical (unpaired) electrons. The number of benzene rings is 2. The van der Waals surface area contributed by atoms with Crippen molar-refractivity contribution in [3.63, 3.8) is 0 Å². The molecule has 4 nitrogen and oxygen atoms in total. The van der Waals surface area contributed by atoms with Crippen molar-refractivity contribution in [3.8, 4) is 0 Å². The Labute approximate surface area is 147 Å². The quantitative estimate of drug-likeness (QED) is 0.759. The molecule has 0 spiro atoms. The Hall–Kier alpha value is -1.85. The number of halogens is 2. The fourth-order valence-electron chi connectivity index (χ4n) is 2.01. The van der Waals surface area contributed by atoms with E-state index in [0.29, 0.717) is 22.9 Å². The first kappa shape index (κ1) is 17.5. The first-order chi connectivity index (χ1) is 11.0. The van der Waals surface area contributed by atoms with Crippen molar-refractivity contribution in [3.05, 3.63) is 63.1 Å². The van der Waals surface area contributed by atoms with E-state index >= 15 is 0 Å². The highest BCUT2D eigenvalue weighted by atomic mass is 79.9. The van der Waals surface area contributed by atoms with Crippen molar-refractivity contribution in [1.82, 2.24) is 0 Å². The van der Waals surface area contributed by atoms with Gasteiger partial charge in [-0.05, 0) is 42.8 Å². The van der Waals surface area contributed by atoms with Crippen molar-refractivity contribution >= 4 is 45.1 Å². The van der Waals surface area contributed by atoms with Gasteiger partial charge in [-0.2, -0.15) is 0 Å². The molecule has 0 unspecified atom stereocenters. The van der Waals surface area contributed by atoms with Gasteiger partial charge in [0.25, 0.3) is 5.91 Å². The van der Waals surface area contributed by atoms with Crippen LogP contribution < -0.4 is 5.32 Å². The van der Waals surface area contributed by atoms with Crippen LogP contribution >= 0.6 is 27.5 Å². The van der Waals surface area contributed by atoms with Crippen molar-refractivity contribution in [2.45, 2.75) is 13.3 Å². The van der Waals surface area contributed by atoms with Crippen LogP contribution in [0.5, 0.6) is 0 Å². The average molecular weight is 397 g/mol. The smallest absolute Gasteiger partial charge is 0.310 e. The second kappa shape index (κ2) is 8.13. The molecule has 0 fully saturated rings. The van der Waals surface area contributed by atoms with E-state index in [2.05, 4.69) is 21.2 Å². The summed E-state index contributed by atoms with van der Waals surface area (Å²) in [6.07, 6.45) is 0.162. The Morgan fingerprint density at radius 2 is 2.00 bits per heavy atom. The lowest BCUT2D eigenvalue weighted by Gasteiger charge is -2.09. The summed E-state index contributed by atoms with van der Waals surface area (Å²) in [4.78, 5) is 23.8. The second-order valence-corrected chi connectivity index (χ2v) is 6.08. The van der Waals surface area contributed by atoms with Crippen LogP contribution in [0.2, 0.25) is 5.02 Å². The molecule has 0 atom stereocenters. The molecule has 23 heavy (non-hydrogen) atoms. The normalized spacial score (nSPS) is 10.2. The topological polar surface area (TPSA) is 55.4 Å². The monoisotopic (exact) mass is 395 g/mol. The molecule has 0 aliphatic carbocycles. The van der Waals surface area contributed by atoms with E-state index in [1.54, 1.807) is 49.4 Å². The number of amides is 1. The molecule has 2 rings (SSSR count). The number of carbonyl (C=O) groups excluding carboxylic acids is 2. The van der Waals surface area contributed by atoms with Gasteiger partial charge in [-0.1, -0.05) is 39.7 Å². The number of anilines is 1. The lowest BCUT2D eigenvalue weighted by Crippen LogP contribution is -2.13. The predicted molar refractivity (Wildman–Crippen MR) is 93.9 cm³/mol. The summed E-state index contributed by atoms with van der Waals surface area (Å²) in [6, 6.07) is 12.1. The van der Waals surface area contributed by atoms with Crippen LogP contribution in [0.1, 0.15) is 22.8 Å². The molecule has 2 aromatic rings. The van der Waals surface area contributed by atoms with E-state index in [9.17, 15) is 9.59 Å². The van der Waals surface area contributed by atoms with Crippen molar-refractivity contribution in [1.29, 1.82) is 0 Å². The first-order valence-electron chi connectivity index (χ1n) is 7.00. The van der Waals surface area contributed by atoms with E-state index in [1.165, 1.54) is 0 Å². The summed E-state index contributed by atoms with van der Waals surface area (Å²) in [7, 11) is 0. The zero-order valence-corrected chi connectivity index (χ0v) is 14.8. The van der Waals surface area contributed by atoms with E-state index in [1.807, 2.05) is 0 Å². The fourth-order valence-corrected chi connectivity index (χ4v) is 2.57. The zero-order chi connectivity index (χ0) is 16.8. The maximum atomic E-state index is 12.3. The maximum absolute atomic E-state index is 12.3. The molecule has 0 aliphatic heterocycles. The lowest BCUT2D eigenvalue weighted by atomic mass is 10.1. The molecule has 120 valence electrons. The Bertz CT molecular complexity index is 734. The van der Waals surface area contributed by atoms with Gasteiger partial charge >= 0.3 is 5.97 Å². The van der Waals surface area contributed by atoms with Gasteiger partial charge in [0.05, 0.1) is 23.6 Å². The van der Waals surface area contributed by atoms with Gasteiger partial charge in [0, 0.05) is 10.2 Å². The van der Waals surface area contributed by atoms with Crippen LogP contribution in [0, 0.1) is 0 Å². The van der Waals surface area contributed by atoms with Gasteiger partial charge in [-0.15, -0.1) is 0 Å². The molecule has 6 heteroatoms. The SMILES string of the molecule is CCOC(=O)Cc1cccc(NC(=O)c2cc(Br)ccc2Cl)c1. The lowest BCUT2D eigenvalue weighted by molar-refractivity contribution is -0.142. The molecule has 0 saturated carbocycles. The van der Waals surface area contributed by atoms with E-state index in [4.69, 9.17) is 16.3 Å². The van der Waals surface area contributed by atoms with E-state index in [0.717, 1.165) is 10.0 Å². The third-order valence-electron chi connectivity index (χ3n) is 3.01. The highest BCUT2D eigenvalue weighted by Crippen LogP contribution is 2.22. The summed E-state index contributed by atoms with van der Waals surface area (Å²) < 4.78 is 5.68. The molecule has 0 saturated heterocycles. The Morgan fingerprint density at radius 1 is 1.22 bits per heavy atom. The number of hydrogen-bond acceptors (Lipinski definition) is 3. The first-order valence-corrected chi connectivity index (χ1v) is 8.17. The molecule has 1 amide bonds. The number of nitrogens with one attached hydrogen (secondary N) is 1. The summed E-state index contributed by atoms with van der Waals surface area (Å²) in [5.41, 5.74) is 1.73. The molecule has 0 aromatic heterocycles. The summed E-state index contributed by atoms with van der Waals surface area (Å²) in [5.74, 6) is -0.615. The molecule has 1 N–H and O–H groups in total. The number of carbonyl (C=O) groups is 2. The maximum Gasteiger partial charge on any atom is 0.310 e. The summed E-state index contributed by atoms with van der Waals surface area (Å²) >= 11 is 9.36. The average Bonchev–Trinajstić information content (AvgIpc) is 2.50. The summed E-state index contributed by atoms with van der Waals surface area (Å²) in [5, 5.41) is 3.14. The number of hydrogen-bond donors (Lipinski definition) is 1. The molecule has 0 heterocycles. The van der Waals surface area contributed by atoms with Crippen LogP contribution in [0.25, 0.3) is 0 Å². The number of rotatable bonds is 5. The largest absolute Gasteiger partial charge is 0.466 e. The minimum atomic E-state index is -0.315. The predicted octanol–water partition coefficient (Wildman–Crippen LogP) is 4.46. The van der Waals surface area contributed by atoms with Crippen LogP contribution in [-0.2, 0) is 16.0 Å². The fraction of sp³-hybridized carbons (Fsp3) is 0.176. The molecule has 0 bridgehead atoms. The molecule has 0 aliphatic rings. The third-order valence-corrected chi connectivity index (χ3v) is 3.83. The van der Waals surface area contributed by atoms with Crippen LogP contribution in [-0.4, -0.2) is 18.5 Å². The van der Waals surface area contributed by atoms with Crippen molar-refractivity contribution in [2.24, 2.45) is 0 Å². The zero-order valence-electron chi connectivity index (χ0n) is 12.4.